The lowest BCUT2D eigenvalue weighted by Crippen LogP contribution is -2.14. The fourth-order valence-electron chi connectivity index (χ4n) is 6.17. The zero-order valence-corrected chi connectivity index (χ0v) is 22.3. The number of aromatic amines is 1. The Kier molecular flexibility index (Phi) is 4.92. The average molecular weight is 515 g/mol. The number of rotatable bonds is 1. The second-order valence-corrected chi connectivity index (χ2v) is 10.5. The van der Waals surface area contributed by atoms with E-state index in [4.69, 9.17) is 9.97 Å². The first-order valence-corrected chi connectivity index (χ1v) is 13.6. The number of anilines is 3. The molecule has 0 radical (unpaired) electrons. The van der Waals surface area contributed by atoms with E-state index in [1.54, 1.807) is 0 Å². The van der Waals surface area contributed by atoms with E-state index in [0.717, 1.165) is 56.4 Å². The Hall–Kier alpha value is -5.22. The molecule has 8 bridgehead atoms. The van der Waals surface area contributed by atoms with Gasteiger partial charge in [-0.1, -0.05) is 78.9 Å². The molecule has 8 rings (SSSR count). The van der Waals surface area contributed by atoms with Crippen LogP contribution in [0.5, 0.6) is 0 Å². The molecule has 0 unspecified atom stereocenters. The molecule has 0 spiro atoms. The van der Waals surface area contributed by atoms with Gasteiger partial charge in [0, 0.05) is 27.6 Å². The Balaban J connectivity index is 1.52. The molecule has 1 aliphatic rings. The lowest BCUT2D eigenvalue weighted by Gasteiger charge is -2.28. The quantitative estimate of drug-likeness (QED) is 0.237. The van der Waals surface area contributed by atoms with E-state index in [9.17, 15) is 0 Å². The van der Waals surface area contributed by atoms with Crippen LogP contribution in [-0.2, 0) is 0 Å². The number of para-hydroxylation sites is 3. The normalized spacial score (nSPS) is 12.2. The van der Waals surface area contributed by atoms with Crippen LogP contribution in [-0.4, -0.2) is 15.0 Å². The molecule has 4 heterocycles. The maximum atomic E-state index is 5.21. The SMILES string of the molecule is Cc1cccc(C)c1N1c2cccc(c2)-c2cccc3c2[nH]c2c(cccc23)-c2cccc(n2)-c2cccc1n2. The number of nitrogens with zero attached hydrogens (tertiary/aromatic N) is 3. The van der Waals surface area contributed by atoms with Crippen molar-refractivity contribution >= 4 is 39.0 Å². The van der Waals surface area contributed by atoms with E-state index in [0.29, 0.717) is 0 Å². The average Bonchev–Trinajstić information content (AvgIpc) is 3.38. The molecule has 0 saturated carbocycles. The lowest BCUT2D eigenvalue weighted by molar-refractivity contribution is 1.14. The van der Waals surface area contributed by atoms with Gasteiger partial charge in [0.05, 0.1) is 33.8 Å². The summed E-state index contributed by atoms with van der Waals surface area (Å²) in [5, 5.41) is 2.41. The Labute approximate surface area is 232 Å². The molecule has 0 atom stereocenters. The molecule has 0 amide bonds. The summed E-state index contributed by atoms with van der Waals surface area (Å²) in [7, 11) is 0. The second kappa shape index (κ2) is 8.65. The van der Waals surface area contributed by atoms with E-state index >= 15 is 0 Å². The van der Waals surface area contributed by atoms with Gasteiger partial charge in [0.25, 0.3) is 0 Å². The third-order valence-corrected chi connectivity index (χ3v) is 8.00. The number of hydrogen-bond donors (Lipinski definition) is 1. The Bertz CT molecular complexity index is 2080. The minimum atomic E-state index is 0.839. The maximum absolute atomic E-state index is 5.21. The summed E-state index contributed by atoms with van der Waals surface area (Å²) in [5.41, 5.74) is 12.8. The van der Waals surface area contributed by atoms with Gasteiger partial charge >= 0.3 is 0 Å². The molecule has 40 heavy (non-hydrogen) atoms. The summed E-state index contributed by atoms with van der Waals surface area (Å²) in [5.74, 6) is 0.857. The molecule has 4 heteroatoms. The predicted octanol–water partition coefficient (Wildman–Crippen LogP) is 9.51. The van der Waals surface area contributed by atoms with E-state index in [-0.39, 0.29) is 0 Å². The molecule has 4 aromatic carbocycles. The van der Waals surface area contributed by atoms with Gasteiger partial charge in [0.1, 0.15) is 5.82 Å². The van der Waals surface area contributed by atoms with Gasteiger partial charge in [-0.3, -0.25) is 4.90 Å². The number of aromatic nitrogens is 3. The molecular weight excluding hydrogens is 488 g/mol. The largest absolute Gasteiger partial charge is 0.353 e. The second-order valence-electron chi connectivity index (χ2n) is 10.5. The van der Waals surface area contributed by atoms with Crippen molar-refractivity contribution in [1.82, 2.24) is 15.0 Å². The Morgan fingerprint density at radius 3 is 1.95 bits per heavy atom. The third-order valence-electron chi connectivity index (χ3n) is 8.00. The molecule has 7 aromatic rings. The van der Waals surface area contributed by atoms with Gasteiger partial charge in [-0.05, 0) is 66.9 Å². The minimum absolute atomic E-state index is 0.839. The van der Waals surface area contributed by atoms with Gasteiger partial charge in [-0.25, -0.2) is 9.97 Å². The standard InChI is InChI=1S/C36H26N4/c1-22-9-3-10-23(2)36(22)40-25-12-4-11-24(21-25)26-13-5-14-27-28-15-6-16-29(35(28)39-34(26)27)30-17-7-18-31(37-30)32-19-8-20-33(40)38-32/h3-21,39H,1-2H3. The molecule has 0 saturated heterocycles. The van der Waals surface area contributed by atoms with Gasteiger partial charge in [0.15, 0.2) is 0 Å². The molecule has 1 aliphatic heterocycles. The van der Waals surface area contributed by atoms with E-state index < -0.39 is 0 Å². The topological polar surface area (TPSA) is 44.8 Å². The number of benzene rings is 4. The van der Waals surface area contributed by atoms with Crippen molar-refractivity contribution in [1.29, 1.82) is 0 Å². The van der Waals surface area contributed by atoms with E-state index in [2.05, 4.69) is 127 Å². The van der Waals surface area contributed by atoms with Gasteiger partial charge < -0.3 is 4.98 Å². The fourth-order valence-corrected chi connectivity index (χ4v) is 6.17. The molecule has 190 valence electrons. The summed E-state index contributed by atoms with van der Waals surface area (Å²) in [6, 6.07) is 40.7. The first-order chi connectivity index (χ1) is 19.7. The Morgan fingerprint density at radius 2 is 1.15 bits per heavy atom. The highest BCUT2D eigenvalue weighted by Crippen LogP contribution is 2.42. The molecule has 0 fully saturated rings. The van der Waals surface area contributed by atoms with Crippen LogP contribution in [0.4, 0.5) is 17.2 Å². The number of H-pyrrole nitrogens is 1. The summed E-state index contributed by atoms with van der Waals surface area (Å²) in [6.07, 6.45) is 0. The third kappa shape index (κ3) is 3.39. The number of hydrogen-bond acceptors (Lipinski definition) is 3. The molecule has 1 N–H and O–H groups in total. The molecule has 0 aliphatic carbocycles. The number of pyridine rings is 2. The van der Waals surface area contributed by atoms with Crippen LogP contribution in [0.25, 0.3) is 55.6 Å². The smallest absolute Gasteiger partial charge is 0.138 e. The summed E-state index contributed by atoms with van der Waals surface area (Å²) in [4.78, 5) is 16.4. The first-order valence-electron chi connectivity index (χ1n) is 13.6. The first kappa shape index (κ1) is 22.7. The van der Waals surface area contributed by atoms with Crippen molar-refractivity contribution < 1.29 is 0 Å². The highest BCUT2D eigenvalue weighted by Gasteiger charge is 2.21. The summed E-state index contributed by atoms with van der Waals surface area (Å²) < 4.78 is 0. The molecule has 4 nitrogen and oxygen atoms in total. The van der Waals surface area contributed by atoms with Crippen molar-refractivity contribution in [3.8, 4) is 33.8 Å². The van der Waals surface area contributed by atoms with Crippen molar-refractivity contribution in [3.05, 3.63) is 126 Å². The van der Waals surface area contributed by atoms with Crippen LogP contribution in [0.2, 0.25) is 0 Å². The van der Waals surface area contributed by atoms with Gasteiger partial charge in [-0.2, -0.15) is 0 Å². The van der Waals surface area contributed by atoms with Crippen LogP contribution in [0.15, 0.2) is 115 Å². The van der Waals surface area contributed by atoms with Crippen LogP contribution in [0.3, 0.4) is 0 Å². The van der Waals surface area contributed by atoms with Crippen LogP contribution < -0.4 is 4.90 Å². The number of nitrogens with one attached hydrogen (secondary N) is 1. The fraction of sp³-hybridized carbons (Fsp3) is 0.0556. The van der Waals surface area contributed by atoms with Crippen molar-refractivity contribution in [2.24, 2.45) is 0 Å². The summed E-state index contributed by atoms with van der Waals surface area (Å²) in [6.45, 7) is 4.33. The maximum Gasteiger partial charge on any atom is 0.138 e. The van der Waals surface area contributed by atoms with Crippen molar-refractivity contribution in [3.63, 3.8) is 0 Å². The minimum Gasteiger partial charge on any atom is -0.353 e. The van der Waals surface area contributed by atoms with E-state index in [1.807, 2.05) is 12.1 Å². The van der Waals surface area contributed by atoms with Crippen LogP contribution >= 0.6 is 0 Å². The predicted molar refractivity (Wildman–Crippen MR) is 165 cm³/mol. The van der Waals surface area contributed by atoms with Crippen molar-refractivity contribution in [2.75, 3.05) is 4.90 Å². The van der Waals surface area contributed by atoms with Crippen LogP contribution in [0, 0.1) is 13.8 Å². The highest BCUT2D eigenvalue weighted by atomic mass is 15.2. The highest BCUT2D eigenvalue weighted by molar-refractivity contribution is 6.15. The van der Waals surface area contributed by atoms with E-state index in [1.165, 1.54) is 27.5 Å². The van der Waals surface area contributed by atoms with Crippen molar-refractivity contribution in [2.45, 2.75) is 13.8 Å². The lowest BCUT2D eigenvalue weighted by atomic mass is 10.00. The molecule has 3 aromatic heterocycles. The summed E-state index contributed by atoms with van der Waals surface area (Å²) >= 11 is 0. The molecular formula is C36H26N4. The number of aryl methyl sites for hydroxylation is 2. The monoisotopic (exact) mass is 514 g/mol. The number of fused-ring (bicyclic) bond motifs is 10. The van der Waals surface area contributed by atoms with Gasteiger partial charge in [0.2, 0.25) is 0 Å². The zero-order valence-electron chi connectivity index (χ0n) is 22.3. The zero-order chi connectivity index (χ0) is 26.8. The Morgan fingerprint density at radius 1 is 0.550 bits per heavy atom. The van der Waals surface area contributed by atoms with Gasteiger partial charge in [-0.15, -0.1) is 0 Å². The van der Waals surface area contributed by atoms with Crippen LogP contribution in [0.1, 0.15) is 11.1 Å².